The zero-order valence-corrected chi connectivity index (χ0v) is 17.9. The smallest absolute Gasteiger partial charge is 0.213 e. The van der Waals surface area contributed by atoms with Gasteiger partial charge in [0.25, 0.3) is 0 Å². The van der Waals surface area contributed by atoms with Crippen molar-refractivity contribution >= 4 is 26.0 Å². The first-order valence-electron chi connectivity index (χ1n) is 9.68. The number of nitrogens with zero attached hydrogens (tertiary/aromatic N) is 2. The molecule has 1 saturated carbocycles. The van der Waals surface area contributed by atoms with Crippen LogP contribution in [0.4, 0.5) is 0 Å². The molecule has 0 aromatic carbocycles. The maximum Gasteiger partial charge on any atom is 0.213 e. The maximum absolute atomic E-state index is 12.0. The second-order valence-corrected chi connectivity index (χ2v) is 11.4. The Balaban J connectivity index is 1.68. The first-order chi connectivity index (χ1) is 12.8. The van der Waals surface area contributed by atoms with Gasteiger partial charge in [-0.15, -0.1) is 0 Å². The van der Waals surface area contributed by atoms with Gasteiger partial charge in [-0.3, -0.25) is 4.99 Å². The lowest BCUT2D eigenvalue weighted by molar-refractivity contribution is 0.306. The number of hydrogen-bond acceptors (Lipinski definition) is 5. The molecule has 0 amide bonds. The Hall–Kier alpha value is -0.910. The van der Waals surface area contributed by atoms with Crippen molar-refractivity contribution in [3.63, 3.8) is 0 Å². The lowest BCUT2D eigenvalue weighted by Crippen LogP contribution is -2.50. The van der Waals surface area contributed by atoms with Crippen LogP contribution in [0.15, 0.2) is 4.99 Å². The number of piperidine rings is 1. The molecule has 0 spiro atoms. The van der Waals surface area contributed by atoms with E-state index >= 15 is 0 Å². The molecule has 0 unspecified atom stereocenters. The van der Waals surface area contributed by atoms with E-state index in [1.165, 1.54) is 10.7 Å². The zero-order valence-electron chi connectivity index (χ0n) is 16.3. The van der Waals surface area contributed by atoms with E-state index in [0.717, 1.165) is 12.8 Å². The summed E-state index contributed by atoms with van der Waals surface area (Å²) in [6.07, 6.45) is 4.80. The highest BCUT2D eigenvalue weighted by atomic mass is 32.2. The Kier molecular flexibility index (Phi) is 8.32. The summed E-state index contributed by atoms with van der Waals surface area (Å²) in [4.78, 5) is 4.13. The van der Waals surface area contributed by atoms with Gasteiger partial charge in [0, 0.05) is 39.3 Å². The van der Waals surface area contributed by atoms with Gasteiger partial charge < -0.3 is 10.6 Å². The number of guanidine groups is 1. The fourth-order valence-electron chi connectivity index (χ4n) is 3.17. The molecule has 2 fully saturated rings. The molecule has 9 nitrogen and oxygen atoms in total. The highest BCUT2D eigenvalue weighted by Gasteiger charge is 2.27. The Morgan fingerprint density at radius 3 is 2.30 bits per heavy atom. The minimum absolute atomic E-state index is 0.00634. The number of sulfonamides is 2. The summed E-state index contributed by atoms with van der Waals surface area (Å²) in [5.74, 6) is 1.15. The minimum Gasteiger partial charge on any atom is -0.355 e. The number of rotatable bonds is 9. The highest BCUT2D eigenvalue weighted by molar-refractivity contribution is 7.89. The third-order valence-corrected chi connectivity index (χ3v) is 8.49. The van der Waals surface area contributed by atoms with E-state index < -0.39 is 20.0 Å². The van der Waals surface area contributed by atoms with Gasteiger partial charge in [0.1, 0.15) is 0 Å². The lowest BCUT2D eigenvalue weighted by atomic mass is 9.86. The van der Waals surface area contributed by atoms with Crippen molar-refractivity contribution in [1.29, 1.82) is 0 Å². The van der Waals surface area contributed by atoms with Crippen LogP contribution in [0.1, 0.15) is 39.0 Å². The normalized spacial score (nSPS) is 21.0. The topological polar surface area (TPSA) is 120 Å². The number of nitrogens with one attached hydrogen (secondary N) is 3. The molecule has 2 rings (SSSR count). The molecule has 0 bridgehead atoms. The van der Waals surface area contributed by atoms with Crippen molar-refractivity contribution in [3.05, 3.63) is 0 Å². The average Bonchev–Trinajstić information content (AvgIpc) is 2.59. The summed E-state index contributed by atoms with van der Waals surface area (Å²) in [6.45, 7) is 3.44. The summed E-state index contributed by atoms with van der Waals surface area (Å²) >= 11 is 0. The van der Waals surface area contributed by atoms with Crippen LogP contribution in [0.2, 0.25) is 0 Å². The molecule has 0 aromatic rings. The minimum atomic E-state index is -3.29. The first-order valence-corrected chi connectivity index (χ1v) is 12.9. The lowest BCUT2D eigenvalue weighted by Gasteiger charge is -2.32. The van der Waals surface area contributed by atoms with Crippen molar-refractivity contribution in [3.8, 4) is 0 Å². The Labute approximate surface area is 163 Å². The van der Waals surface area contributed by atoms with Gasteiger partial charge in [-0.2, -0.15) is 0 Å². The van der Waals surface area contributed by atoms with Crippen LogP contribution in [-0.4, -0.2) is 77.9 Å². The Morgan fingerprint density at radius 2 is 1.78 bits per heavy atom. The number of hydrogen-bond donors (Lipinski definition) is 3. The molecule has 3 N–H and O–H groups in total. The van der Waals surface area contributed by atoms with E-state index in [-0.39, 0.29) is 24.1 Å². The summed E-state index contributed by atoms with van der Waals surface area (Å²) < 4.78 is 52.0. The third kappa shape index (κ3) is 7.20. The van der Waals surface area contributed by atoms with E-state index in [4.69, 9.17) is 0 Å². The molecule has 1 saturated heterocycles. The summed E-state index contributed by atoms with van der Waals surface area (Å²) in [5.41, 5.74) is 0. The molecule has 0 aromatic heterocycles. The van der Waals surface area contributed by atoms with Crippen LogP contribution in [0.3, 0.4) is 0 Å². The van der Waals surface area contributed by atoms with E-state index in [1.54, 1.807) is 14.0 Å². The average molecular weight is 424 g/mol. The molecule has 0 atom stereocenters. The van der Waals surface area contributed by atoms with Gasteiger partial charge in [0.05, 0.1) is 11.5 Å². The quantitative estimate of drug-likeness (QED) is 0.345. The monoisotopic (exact) mass is 423 g/mol. The highest BCUT2D eigenvalue weighted by Crippen LogP contribution is 2.25. The van der Waals surface area contributed by atoms with Gasteiger partial charge in [-0.25, -0.2) is 25.9 Å². The third-order valence-electron chi connectivity index (χ3n) is 5.26. The van der Waals surface area contributed by atoms with Crippen molar-refractivity contribution in [2.75, 3.05) is 44.7 Å². The Bertz CT molecular complexity index is 696. The fraction of sp³-hybridized carbons (Fsp3) is 0.938. The molecule has 2 aliphatic rings. The first kappa shape index (κ1) is 22.4. The van der Waals surface area contributed by atoms with Crippen LogP contribution < -0.4 is 15.4 Å². The van der Waals surface area contributed by atoms with Gasteiger partial charge in [0.2, 0.25) is 20.0 Å². The van der Waals surface area contributed by atoms with Gasteiger partial charge in [-0.1, -0.05) is 6.42 Å². The summed E-state index contributed by atoms with van der Waals surface area (Å²) in [5, 5.41) is 6.28. The van der Waals surface area contributed by atoms with Gasteiger partial charge in [0.15, 0.2) is 5.96 Å². The molecule has 1 aliphatic carbocycles. The van der Waals surface area contributed by atoms with E-state index in [9.17, 15) is 16.8 Å². The fourth-order valence-corrected chi connectivity index (χ4v) is 5.30. The second kappa shape index (κ2) is 10.0. The van der Waals surface area contributed by atoms with Crippen LogP contribution in [-0.2, 0) is 20.0 Å². The standard InChI is InChI=1S/C16H33N5O4S2/c1-3-27(24,25)21-10-7-15(8-11-21)20-16(17-2)18-9-12-26(22,23)19-13-14-5-4-6-14/h14-15,19H,3-13H2,1-2H3,(H2,17,18,20). The van der Waals surface area contributed by atoms with Crippen LogP contribution in [0.5, 0.6) is 0 Å². The molecule has 1 aliphatic heterocycles. The summed E-state index contributed by atoms with van der Waals surface area (Å²) in [7, 11) is -4.78. The van der Waals surface area contributed by atoms with Gasteiger partial charge >= 0.3 is 0 Å². The molecule has 158 valence electrons. The predicted octanol–water partition coefficient (Wildman–Crippen LogP) is -0.315. The van der Waals surface area contributed by atoms with Crippen molar-refractivity contribution in [2.45, 2.75) is 45.1 Å². The zero-order chi connectivity index (χ0) is 19.9. The van der Waals surface area contributed by atoms with Crippen molar-refractivity contribution in [1.82, 2.24) is 19.7 Å². The van der Waals surface area contributed by atoms with Crippen LogP contribution >= 0.6 is 0 Å². The molecular weight excluding hydrogens is 390 g/mol. The molecule has 1 heterocycles. The van der Waals surface area contributed by atoms with E-state index in [1.807, 2.05) is 0 Å². The van der Waals surface area contributed by atoms with Crippen LogP contribution in [0, 0.1) is 5.92 Å². The Morgan fingerprint density at radius 1 is 1.11 bits per heavy atom. The van der Waals surface area contributed by atoms with E-state index in [2.05, 4.69) is 20.3 Å². The van der Waals surface area contributed by atoms with Gasteiger partial charge in [-0.05, 0) is 38.5 Å². The molecule has 27 heavy (non-hydrogen) atoms. The SMILES string of the molecule is CCS(=O)(=O)N1CCC(NC(=NC)NCCS(=O)(=O)NCC2CCC2)CC1. The van der Waals surface area contributed by atoms with Crippen molar-refractivity contribution < 1.29 is 16.8 Å². The van der Waals surface area contributed by atoms with E-state index in [0.29, 0.717) is 44.4 Å². The largest absolute Gasteiger partial charge is 0.355 e. The second-order valence-electron chi connectivity index (χ2n) is 7.18. The summed E-state index contributed by atoms with van der Waals surface area (Å²) in [6, 6.07) is 0.118. The number of aliphatic imine (C=N–C) groups is 1. The maximum atomic E-state index is 12.0. The van der Waals surface area contributed by atoms with Crippen molar-refractivity contribution in [2.24, 2.45) is 10.9 Å². The predicted molar refractivity (Wildman–Crippen MR) is 108 cm³/mol. The molecule has 0 radical (unpaired) electrons. The molecular formula is C16H33N5O4S2. The van der Waals surface area contributed by atoms with Crippen LogP contribution in [0.25, 0.3) is 0 Å². The molecule has 11 heteroatoms.